The number of hydrogen-bond donors (Lipinski definition) is 3. The van der Waals surface area contributed by atoms with E-state index in [2.05, 4.69) is 20.7 Å². The van der Waals surface area contributed by atoms with Gasteiger partial charge in [0.25, 0.3) is 5.91 Å². The van der Waals surface area contributed by atoms with Crippen LogP contribution in [0.25, 0.3) is 0 Å². The summed E-state index contributed by atoms with van der Waals surface area (Å²) >= 11 is 0. The molecule has 13 heteroatoms. The van der Waals surface area contributed by atoms with E-state index in [9.17, 15) is 23.1 Å². The largest absolute Gasteiger partial charge is 0.416 e. The number of aryl methyl sites for hydroxylation is 3. The molecule has 3 N–H and O–H groups in total. The van der Waals surface area contributed by atoms with Gasteiger partial charge in [0.15, 0.2) is 0 Å². The van der Waals surface area contributed by atoms with E-state index in [0.717, 1.165) is 47.6 Å². The molecule has 3 heterocycles. The van der Waals surface area contributed by atoms with Crippen LogP contribution in [0, 0.1) is 13.8 Å². The molecule has 1 unspecified atom stereocenters. The van der Waals surface area contributed by atoms with Crippen LogP contribution in [0.2, 0.25) is 0 Å². The van der Waals surface area contributed by atoms with Crippen molar-refractivity contribution in [3.8, 4) is 0 Å². The predicted molar refractivity (Wildman–Crippen MR) is 152 cm³/mol. The number of hydrogen-bond acceptors (Lipinski definition) is 8. The monoisotopic (exact) mass is 578 g/mol. The molecule has 0 spiro atoms. The molecule has 2 aliphatic rings. The number of carbonyl (C=O) groups excluding carboxylic acids is 1. The minimum Gasteiger partial charge on any atom is -0.356 e. The molecule has 42 heavy (non-hydrogen) atoms. The Hall–Kier alpha value is -4.65. The van der Waals surface area contributed by atoms with Crippen LogP contribution in [0.4, 0.5) is 42.1 Å². The Bertz CT molecular complexity index is 1670. The summed E-state index contributed by atoms with van der Waals surface area (Å²) in [7, 11) is 1.82. The van der Waals surface area contributed by atoms with Gasteiger partial charge in [-0.1, -0.05) is 12.1 Å². The van der Waals surface area contributed by atoms with Crippen molar-refractivity contribution in [1.82, 2.24) is 19.7 Å². The number of benzene rings is 2. The quantitative estimate of drug-likeness (QED) is 0.290. The van der Waals surface area contributed by atoms with Crippen LogP contribution in [0.1, 0.15) is 45.6 Å². The molecule has 0 saturated heterocycles. The lowest BCUT2D eigenvalue weighted by molar-refractivity contribution is -0.137. The van der Waals surface area contributed by atoms with Crippen molar-refractivity contribution in [3.63, 3.8) is 0 Å². The molecule has 10 nitrogen and oxygen atoms in total. The van der Waals surface area contributed by atoms with Gasteiger partial charge < -0.3 is 25.5 Å². The van der Waals surface area contributed by atoms with E-state index >= 15 is 0 Å². The molecule has 1 aliphatic carbocycles. The Labute approximate surface area is 239 Å². The van der Waals surface area contributed by atoms with Crippen LogP contribution < -0.4 is 20.4 Å². The molecule has 0 bridgehead atoms. The summed E-state index contributed by atoms with van der Waals surface area (Å²) in [4.78, 5) is 25.8. The third-order valence-corrected chi connectivity index (χ3v) is 7.37. The molecule has 1 amide bonds. The second kappa shape index (κ2) is 10.3. The minimum atomic E-state index is -4.56. The molecule has 4 aromatic rings. The van der Waals surface area contributed by atoms with Crippen LogP contribution in [-0.4, -0.2) is 43.2 Å². The van der Waals surface area contributed by atoms with Gasteiger partial charge in [-0.2, -0.15) is 23.3 Å². The Kier molecular flexibility index (Phi) is 6.76. The summed E-state index contributed by atoms with van der Waals surface area (Å²) in [6.07, 6.45) is -2.05. The average Bonchev–Trinajstić information content (AvgIpc) is 3.73. The zero-order chi connectivity index (χ0) is 29.8. The molecule has 2 aromatic carbocycles. The number of aliphatic hydroxyl groups excluding tert-OH is 1. The van der Waals surface area contributed by atoms with Crippen LogP contribution in [0.15, 0.2) is 54.7 Å². The zero-order valence-corrected chi connectivity index (χ0v) is 23.1. The number of carbonyl (C=O) groups is 1. The maximum absolute atomic E-state index is 13.2. The van der Waals surface area contributed by atoms with Gasteiger partial charge >= 0.3 is 6.18 Å². The van der Waals surface area contributed by atoms with Crippen LogP contribution in [0.3, 0.4) is 0 Å². The summed E-state index contributed by atoms with van der Waals surface area (Å²) in [6, 6.07) is 11.4. The van der Waals surface area contributed by atoms with Gasteiger partial charge in [-0.3, -0.25) is 9.48 Å². The van der Waals surface area contributed by atoms with Crippen molar-refractivity contribution in [3.05, 3.63) is 82.7 Å². The topological polar surface area (TPSA) is 111 Å². The summed E-state index contributed by atoms with van der Waals surface area (Å²) < 4.78 is 41.2. The molecule has 6 rings (SSSR count). The molecule has 2 aromatic heterocycles. The van der Waals surface area contributed by atoms with Crippen LogP contribution in [0.5, 0.6) is 0 Å². The third-order valence-electron chi connectivity index (χ3n) is 7.37. The highest BCUT2D eigenvalue weighted by Crippen LogP contribution is 2.41. The first-order chi connectivity index (χ1) is 20.0. The van der Waals surface area contributed by atoms with E-state index in [1.54, 1.807) is 34.0 Å². The van der Waals surface area contributed by atoms with Crippen molar-refractivity contribution in [2.75, 3.05) is 20.4 Å². The summed E-state index contributed by atoms with van der Waals surface area (Å²) in [5.74, 6) is 1.10. The van der Waals surface area contributed by atoms with Crippen LogP contribution >= 0.6 is 0 Å². The van der Waals surface area contributed by atoms with Crippen molar-refractivity contribution >= 4 is 34.9 Å². The Morgan fingerprint density at radius 2 is 1.88 bits per heavy atom. The van der Waals surface area contributed by atoms with Gasteiger partial charge in [0, 0.05) is 47.9 Å². The normalized spacial score (nSPS) is 16.8. The molecular formula is C29H29F3N8O2. The Morgan fingerprint density at radius 3 is 2.57 bits per heavy atom. The van der Waals surface area contributed by atoms with Gasteiger partial charge in [0.2, 0.25) is 12.3 Å². The van der Waals surface area contributed by atoms with Gasteiger partial charge in [-0.15, -0.1) is 0 Å². The Morgan fingerprint density at radius 1 is 1.10 bits per heavy atom. The van der Waals surface area contributed by atoms with E-state index in [1.165, 1.54) is 12.1 Å². The zero-order valence-electron chi connectivity index (χ0n) is 23.1. The number of amides is 1. The van der Waals surface area contributed by atoms with Gasteiger partial charge in [0.1, 0.15) is 11.6 Å². The number of fused-ring (bicyclic) bond motifs is 1. The van der Waals surface area contributed by atoms with E-state index < -0.39 is 24.0 Å². The molecule has 218 valence electrons. The lowest BCUT2D eigenvalue weighted by Gasteiger charge is -2.43. The molecule has 1 fully saturated rings. The van der Waals surface area contributed by atoms with Crippen molar-refractivity contribution < 1.29 is 23.1 Å². The fraction of sp³-hybridized carbons (Fsp3) is 0.310. The maximum Gasteiger partial charge on any atom is 0.416 e. The molecule has 0 radical (unpaired) electrons. The molecule has 1 aliphatic heterocycles. The number of alkyl halides is 3. The molecular weight excluding hydrogens is 549 g/mol. The number of aromatic nitrogens is 4. The van der Waals surface area contributed by atoms with Crippen molar-refractivity contribution in [1.29, 1.82) is 0 Å². The number of rotatable bonds is 6. The number of nitrogens with one attached hydrogen (secondary N) is 2. The van der Waals surface area contributed by atoms with Crippen molar-refractivity contribution in [2.24, 2.45) is 7.05 Å². The maximum atomic E-state index is 13.2. The lowest BCUT2D eigenvalue weighted by atomic mass is 10.1. The average molecular weight is 579 g/mol. The van der Waals surface area contributed by atoms with Crippen molar-refractivity contribution in [2.45, 2.75) is 51.8 Å². The second-order valence-electron chi connectivity index (χ2n) is 10.6. The predicted octanol–water partition coefficient (Wildman–Crippen LogP) is 5.11. The minimum absolute atomic E-state index is 0.104. The van der Waals surface area contributed by atoms with E-state index in [4.69, 9.17) is 4.98 Å². The second-order valence-corrected chi connectivity index (χ2v) is 10.6. The van der Waals surface area contributed by atoms with E-state index in [-0.39, 0.29) is 11.6 Å². The van der Waals surface area contributed by atoms with Gasteiger partial charge in [-0.25, -0.2) is 4.98 Å². The summed E-state index contributed by atoms with van der Waals surface area (Å²) in [5, 5.41) is 21.8. The van der Waals surface area contributed by atoms with Gasteiger partial charge in [-0.05, 0) is 62.6 Å². The first-order valence-electron chi connectivity index (χ1n) is 13.4. The first kappa shape index (κ1) is 27.5. The summed E-state index contributed by atoms with van der Waals surface area (Å²) in [6.45, 7) is 4.08. The number of halogens is 3. The number of aliphatic hydroxyl groups is 1. The van der Waals surface area contributed by atoms with E-state index in [0.29, 0.717) is 29.7 Å². The summed E-state index contributed by atoms with van der Waals surface area (Å²) in [5.41, 5.74) is 2.55. The molecule has 1 atom stereocenters. The lowest BCUT2D eigenvalue weighted by Crippen LogP contribution is -2.54. The highest BCUT2D eigenvalue weighted by Gasteiger charge is 2.42. The fourth-order valence-corrected chi connectivity index (χ4v) is 5.12. The fourth-order valence-electron chi connectivity index (χ4n) is 5.12. The smallest absolute Gasteiger partial charge is 0.356 e. The highest BCUT2D eigenvalue weighted by molar-refractivity contribution is 6.04. The first-order valence-corrected chi connectivity index (χ1v) is 13.4. The standard InChI is InChI=1S/C29H29F3N8O2/c1-16-7-8-21(34-26(41)18-5-4-6-20(12-18)29(30,31)32)13-23(16)39-15-19-14-33-27(35-24-11-17(2)37-38(24)3)36-25(19)40(28(39)42)22-9-10-22/h4-8,11-14,22,28,42H,9-10,15H2,1-3H3,(H,34,41)(H,33,35,36). The SMILES string of the molecule is Cc1cc(Nc2ncc3c(n2)N(C2CC2)C(O)N(c2cc(NC(=O)c4cccc(C(F)(F)F)c4)ccc2C)C3)n(C)n1. The van der Waals surface area contributed by atoms with Crippen LogP contribution in [-0.2, 0) is 19.8 Å². The highest BCUT2D eigenvalue weighted by atomic mass is 19.4. The number of nitrogens with zero attached hydrogens (tertiary/aromatic N) is 6. The number of anilines is 5. The molecule has 1 saturated carbocycles. The van der Waals surface area contributed by atoms with E-state index in [1.807, 2.05) is 31.9 Å². The van der Waals surface area contributed by atoms with Gasteiger partial charge in [0.05, 0.1) is 17.8 Å². The third kappa shape index (κ3) is 5.34. The Balaban J connectivity index is 1.27.